The van der Waals surface area contributed by atoms with Crippen molar-refractivity contribution < 1.29 is 0 Å². The maximum absolute atomic E-state index is 7.31. The van der Waals surface area contributed by atoms with Gasteiger partial charge in [-0.3, -0.25) is 0 Å². The molecule has 0 bridgehead atoms. The van der Waals surface area contributed by atoms with Crippen molar-refractivity contribution in [2.24, 2.45) is 0 Å². The monoisotopic (exact) mass is 181 g/mol. The van der Waals surface area contributed by atoms with E-state index < -0.39 is 0 Å². The van der Waals surface area contributed by atoms with Gasteiger partial charge in [-0.15, -0.1) is 0 Å². The summed E-state index contributed by atoms with van der Waals surface area (Å²) in [5.74, 6) is 0. The smallest absolute Gasteiger partial charge is 0.0256 e. The molecule has 1 N–H and O–H groups in total. The Hall–Kier alpha value is -1.89. The van der Waals surface area contributed by atoms with Crippen molar-refractivity contribution in [2.75, 3.05) is 0 Å². The molecule has 0 heterocycles. The van der Waals surface area contributed by atoms with Crippen LogP contribution in [-0.4, -0.2) is 6.21 Å². The molecule has 0 aliphatic carbocycles. The van der Waals surface area contributed by atoms with Gasteiger partial charge in [-0.25, -0.2) is 0 Å². The zero-order valence-corrected chi connectivity index (χ0v) is 7.77. The fourth-order valence-corrected chi connectivity index (χ4v) is 1.50. The highest BCUT2D eigenvalue weighted by Crippen LogP contribution is 2.21. The maximum atomic E-state index is 7.31. The van der Waals surface area contributed by atoms with Crippen LogP contribution >= 0.6 is 0 Å². The first kappa shape index (κ1) is 8.70. The van der Waals surface area contributed by atoms with E-state index in [0.717, 1.165) is 16.7 Å². The van der Waals surface area contributed by atoms with Gasteiger partial charge < -0.3 is 5.41 Å². The minimum absolute atomic E-state index is 0.957. The Morgan fingerprint density at radius 1 is 0.786 bits per heavy atom. The third-order valence-corrected chi connectivity index (χ3v) is 2.20. The highest BCUT2D eigenvalue weighted by Gasteiger charge is 2.00. The molecule has 0 spiro atoms. The summed E-state index contributed by atoms with van der Waals surface area (Å²) in [6.45, 7) is 0. The number of hydrogen-bond acceptors (Lipinski definition) is 1. The quantitative estimate of drug-likeness (QED) is 0.687. The van der Waals surface area contributed by atoms with Crippen LogP contribution in [0.4, 0.5) is 0 Å². The molecule has 0 saturated carbocycles. The summed E-state index contributed by atoms with van der Waals surface area (Å²) in [7, 11) is 0. The third kappa shape index (κ3) is 1.57. The van der Waals surface area contributed by atoms with Crippen LogP contribution in [0, 0.1) is 5.41 Å². The second kappa shape index (κ2) is 3.88. The summed E-state index contributed by atoms with van der Waals surface area (Å²) in [5, 5.41) is 7.31. The minimum atomic E-state index is 0.957. The molecule has 2 aromatic rings. The normalized spacial score (nSPS) is 9.71. The van der Waals surface area contributed by atoms with Crippen LogP contribution in [0.3, 0.4) is 0 Å². The average Bonchev–Trinajstić information content (AvgIpc) is 2.30. The van der Waals surface area contributed by atoms with Gasteiger partial charge in [0.05, 0.1) is 0 Å². The van der Waals surface area contributed by atoms with Gasteiger partial charge in [0.1, 0.15) is 0 Å². The number of benzene rings is 2. The fourth-order valence-electron chi connectivity index (χ4n) is 1.50. The highest BCUT2D eigenvalue weighted by atomic mass is 14.3. The first-order valence-corrected chi connectivity index (χ1v) is 4.57. The predicted octanol–water partition coefficient (Wildman–Crippen LogP) is 3.35. The van der Waals surface area contributed by atoms with Crippen LogP contribution in [0.5, 0.6) is 0 Å². The van der Waals surface area contributed by atoms with Gasteiger partial charge in [0.2, 0.25) is 0 Å². The van der Waals surface area contributed by atoms with Crippen LogP contribution in [0.1, 0.15) is 5.56 Å². The number of rotatable bonds is 2. The first-order valence-electron chi connectivity index (χ1n) is 4.57. The molecule has 2 rings (SSSR count). The van der Waals surface area contributed by atoms with Crippen molar-refractivity contribution in [1.82, 2.24) is 0 Å². The van der Waals surface area contributed by atoms with Crippen molar-refractivity contribution >= 4 is 6.21 Å². The van der Waals surface area contributed by atoms with Crippen molar-refractivity contribution in [3.8, 4) is 11.1 Å². The van der Waals surface area contributed by atoms with Crippen LogP contribution < -0.4 is 0 Å². The summed E-state index contributed by atoms with van der Waals surface area (Å²) >= 11 is 0. The lowest BCUT2D eigenvalue weighted by Crippen LogP contribution is -1.85. The Morgan fingerprint density at radius 2 is 1.43 bits per heavy atom. The average molecular weight is 181 g/mol. The van der Waals surface area contributed by atoms with E-state index in [-0.39, 0.29) is 0 Å². The lowest BCUT2D eigenvalue weighted by molar-refractivity contribution is 1.53. The van der Waals surface area contributed by atoms with Crippen molar-refractivity contribution in [1.29, 1.82) is 5.41 Å². The van der Waals surface area contributed by atoms with Crippen LogP contribution in [-0.2, 0) is 0 Å². The van der Waals surface area contributed by atoms with Gasteiger partial charge in [-0.2, -0.15) is 0 Å². The van der Waals surface area contributed by atoms with E-state index >= 15 is 0 Å². The molecule has 1 heteroatoms. The molecular weight excluding hydrogens is 170 g/mol. The summed E-state index contributed by atoms with van der Waals surface area (Å²) in [6, 6.07) is 18.1. The second-order valence-electron chi connectivity index (χ2n) is 3.10. The summed E-state index contributed by atoms with van der Waals surface area (Å²) in [6.07, 6.45) is 1.39. The van der Waals surface area contributed by atoms with Gasteiger partial charge in [0.25, 0.3) is 0 Å². The van der Waals surface area contributed by atoms with Gasteiger partial charge in [-0.05, 0) is 16.7 Å². The van der Waals surface area contributed by atoms with Crippen LogP contribution in [0.2, 0.25) is 0 Å². The topological polar surface area (TPSA) is 23.9 Å². The number of nitrogens with one attached hydrogen (secondary N) is 1. The Morgan fingerprint density at radius 3 is 2.14 bits per heavy atom. The summed E-state index contributed by atoms with van der Waals surface area (Å²) in [4.78, 5) is 0. The van der Waals surface area contributed by atoms with E-state index in [1.807, 2.05) is 42.5 Å². The Balaban J connectivity index is 2.57. The predicted molar refractivity (Wildman–Crippen MR) is 59.8 cm³/mol. The SMILES string of the molecule is N=Cc1ccccc1-c1ccccc1. The molecule has 0 unspecified atom stereocenters. The standard InChI is InChI=1S/C13H11N/c14-10-12-8-4-5-9-13(12)11-6-2-1-3-7-11/h1-10,14H. The Kier molecular flexibility index (Phi) is 2.41. The molecule has 0 amide bonds. The second-order valence-corrected chi connectivity index (χ2v) is 3.10. The lowest BCUT2D eigenvalue weighted by Gasteiger charge is -2.04. The van der Waals surface area contributed by atoms with Crippen molar-refractivity contribution in [3.05, 3.63) is 60.2 Å². The zero-order valence-electron chi connectivity index (χ0n) is 7.77. The van der Waals surface area contributed by atoms with E-state index in [4.69, 9.17) is 5.41 Å². The molecule has 2 aromatic carbocycles. The summed E-state index contributed by atoms with van der Waals surface area (Å²) < 4.78 is 0. The van der Waals surface area contributed by atoms with Gasteiger partial charge >= 0.3 is 0 Å². The molecule has 0 saturated heterocycles. The lowest BCUT2D eigenvalue weighted by atomic mass is 10.0. The largest absolute Gasteiger partial charge is 0.308 e. The Labute approximate surface area is 83.5 Å². The maximum Gasteiger partial charge on any atom is 0.0256 e. The zero-order chi connectivity index (χ0) is 9.80. The molecule has 0 atom stereocenters. The Bertz CT molecular complexity index is 432. The van der Waals surface area contributed by atoms with Crippen LogP contribution in [0.15, 0.2) is 54.6 Å². The van der Waals surface area contributed by atoms with E-state index in [0.29, 0.717) is 0 Å². The van der Waals surface area contributed by atoms with Crippen molar-refractivity contribution in [2.45, 2.75) is 0 Å². The molecule has 0 aromatic heterocycles. The molecule has 68 valence electrons. The highest BCUT2D eigenvalue weighted by molar-refractivity contribution is 5.88. The summed E-state index contributed by atoms with van der Waals surface area (Å²) in [5.41, 5.74) is 3.23. The van der Waals surface area contributed by atoms with Crippen LogP contribution in [0.25, 0.3) is 11.1 Å². The van der Waals surface area contributed by atoms with E-state index in [2.05, 4.69) is 12.1 Å². The molecular formula is C13H11N. The first-order chi connectivity index (χ1) is 6.92. The van der Waals surface area contributed by atoms with Crippen molar-refractivity contribution in [3.63, 3.8) is 0 Å². The molecule has 0 radical (unpaired) electrons. The number of hydrogen-bond donors (Lipinski definition) is 1. The van der Waals surface area contributed by atoms with Gasteiger partial charge in [0, 0.05) is 6.21 Å². The minimum Gasteiger partial charge on any atom is -0.308 e. The molecule has 14 heavy (non-hydrogen) atoms. The van der Waals surface area contributed by atoms with Gasteiger partial charge in [-0.1, -0.05) is 54.6 Å². The van der Waals surface area contributed by atoms with E-state index in [1.54, 1.807) is 0 Å². The molecule has 0 fully saturated rings. The third-order valence-electron chi connectivity index (χ3n) is 2.20. The molecule has 0 aliphatic rings. The van der Waals surface area contributed by atoms with E-state index in [9.17, 15) is 0 Å². The molecule has 0 aliphatic heterocycles. The molecule has 1 nitrogen and oxygen atoms in total. The fraction of sp³-hybridized carbons (Fsp3) is 0. The van der Waals surface area contributed by atoms with Gasteiger partial charge in [0.15, 0.2) is 0 Å². The van der Waals surface area contributed by atoms with E-state index in [1.165, 1.54) is 6.21 Å².